The third kappa shape index (κ3) is 9.71. The lowest BCUT2D eigenvalue weighted by molar-refractivity contribution is -0.137. The van der Waals surface area contributed by atoms with Gasteiger partial charge in [-0.25, -0.2) is 9.59 Å². The van der Waals surface area contributed by atoms with Crippen molar-refractivity contribution in [2.45, 2.75) is 38.8 Å². The topological polar surface area (TPSA) is 89.5 Å². The number of esters is 1. The van der Waals surface area contributed by atoms with Crippen molar-refractivity contribution in [2.75, 3.05) is 27.9 Å². The summed E-state index contributed by atoms with van der Waals surface area (Å²) in [6, 6.07) is 7.18. The third-order valence-corrected chi connectivity index (χ3v) is 6.52. The maximum atomic E-state index is 11.8. The fourth-order valence-electron chi connectivity index (χ4n) is 2.24. The Morgan fingerprint density at radius 1 is 1.00 bits per heavy atom. The number of carbonyl (C=O) groups excluding carboxylic acids is 2. The maximum Gasteiger partial charge on any atom is 0.514 e. The normalized spacial score (nSPS) is 12.1. The number of benzene rings is 1. The van der Waals surface area contributed by atoms with Gasteiger partial charge in [0.05, 0.1) is 6.61 Å². The first kappa shape index (κ1) is 24.8. The number of hydrogen-bond acceptors (Lipinski definition) is 8. The lowest BCUT2D eigenvalue weighted by atomic mass is 10.2. The van der Waals surface area contributed by atoms with Crippen LogP contribution in [0.15, 0.2) is 30.3 Å². The molecule has 0 aliphatic carbocycles. The summed E-state index contributed by atoms with van der Waals surface area (Å²) in [5.41, 5.74) is 0.128. The molecule has 0 bridgehead atoms. The van der Waals surface area contributed by atoms with Gasteiger partial charge in [-0.05, 0) is 51.0 Å². The van der Waals surface area contributed by atoms with Crippen LogP contribution in [0.2, 0.25) is 6.04 Å². The quantitative estimate of drug-likeness (QED) is 0.183. The molecular formula is C20H30O8Si. The molecule has 0 atom stereocenters. The summed E-state index contributed by atoms with van der Waals surface area (Å²) in [7, 11) is 1.97. The Bertz CT molecular complexity index is 666. The molecule has 0 N–H and O–H groups in total. The van der Waals surface area contributed by atoms with Crippen molar-refractivity contribution < 1.29 is 37.1 Å². The highest BCUT2D eigenvalue weighted by atomic mass is 28.4. The van der Waals surface area contributed by atoms with Crippen LogP contribution in [0.25, 0.3) is 6.08 Å². The molecule has 162 valence electrons. The standard InChI is InChI=1S/C20H30O8Si/c1-20(2,3)28-19(22)27-17-11-8-16(9-12-17)10-13-18(21)26-14-7-15-29(23-4,24-5)25-6/h8-13H,7,14-15H2,1-6H3/b13-10+. The largest absolute Gasteiger partial charge is 0.514 e. The number of hydrogen-bond donors (Lipinski definition) is 0. The van der Waals surface area contributed by atoms with Crippen molar-refractivity contribution in [3.63, 3.8) is 0 Å². The van der Waals surface area contributed by atoms with Gasteiger partial charge in [0.25, 0.3) is 0 Å². The number of carbonyl (C=O) groups is 2. The minimum absolute atomic E-state index is 0.233. The van der Waals surface area contributed by atoms with Gasteiger partial charge < -0.3 is 27.5 Å². The van der Waals surface area contributed by atoms with Crippen LogP contribution in [-0.2, 0) is 27.5 Å². The third-order valence-electron chi connectivity index (χ3n) is 3.69. The highest BCUT2D eigenvalue weighted by molar-refractivity contribution is 6.60. The zero-order valence-corrected chi connectivity index (χ0v) is 18.9. The molecule has 0 saturated carbocycles. The van der Waals surface area contributed by atoms with E-state index in [0.29, 0.717) is 18.2 Å². The van der Waals surface area contributed by atoms with Crippen LogP contribution >= 0.6 is 0 Å². The van der Waals surface area contributed by atoms with E-state index in [2.05, 4.69) is 0 Å². The molecule has 0 unspecified atom stereocenters. The summed E-state index contributed by atoms with van der Waals surface area (Å²) in [6.45, 7) is 5.50. The summed E-state index contributed by atoms with van der Waals surface area (Å²) < 4.78 is 31.2. The number of rotatable bonds is 10. The molecular weight excluding hydrogens is 396 g/mol. The van der Waals surface area contributed by atoms with Crippen LogP contribution in [-0.4, -0.2) is 54.5 Å². The first-order chi connectivity index (χ1) is 13.6. The highest BCUT2D eigenvalue weighted by Crippen LogP contribution is 2.17. The molecule has 0 aromatic heterocycles. The Balaban J connectivity index is 2.43. The summed E-state index contributed by atoms with van der Waals surface area (Å²) in [6.07, 6.45) is 2.74. The van der Waals surface area contributed by atoms with Crippen molar-refractivity contribution in [2.24, 2.45) is 0 Å². The minimum Gasteiger partial charge on any atom is -0.463 e. The highest BCUT2D eigenvalue weighted by Gasteiger charge is 2.36. The monoisotopic (exact) mass is 426 g/mol. The fraction of sp³-hybridized carbons (Fsp3) is 0.500. The van der Waals surface area contributed by atoms with E-state index < -0.39 is 26.5 Å². The van der Waals surface area contributed by atoms with Gasteiger partial charge in [0, 0.05) is 33.4 Å². The molecule has 1 aromatic rings. The van der Waals surface area contributed by atoms with Crippen LogP contribution in [0.1, 0.15) is 32.8 Å². The zero-order chi connectivity index (χ0) is 21.9. The molecule has 8 nitrogen and oxygen atoms in total. The Labute approximate surface area is 173 Å². The van der Waals surface area contributed by atoms with Crippen molar-refractivity contribution in [1.82, 2.24) is 0 Å². The van der Waals surface area contributed by atoms with Gasteiger partial charge in [-0.3, -0.25) is 0 Å². The Morgan fingerprint density at radius 3 is 2.10 bits per heavy atom. The Kier molecular flexibility index (Phi) is 10.0. The van der Waals surface area contributed by atoms with E-state index in [1.807, 2.05) is 0 Å². The SMILES string of the molecule is CO[Si](CCCOC(=O)/C=C/c1ccc(OC(=O)OC(C)(C)C)cc1)(OC)OC. The van der Waals surface area contributed by atoms with Gasteiger partial charge in [0.15, 0.2) is 0 Å². The van der Waals surface area contributed by atoms with E-state index in [1.165, 1.54) is 27.4 Å². The molecule has 1 rings (SSSR count). The van der Waals surface area contributed by atoms with Gasteiger partial charge in [-0.1, -0.05) is 12.1 Å². The van der Waals surface area contributed by atoms with Crippen LogP contribution in [0.5, 0.6) is 5.75 Å². The molecule has 9 heteroatoms. The van der Waals surface area contributed by atoms with Crippen LogP contribution in [0.4, 0.5) is 4.79 Å². The minimum atomic E-state index is -2.65. The molecule has 0 heterocycles. The average molecular weight is 427 g/mol. The predicted octanol–water partition coefficient (Wildman–Crippen LogP) is 3.83. The zero-order valence-electron chi connectivity index (χ0n) is 17.9. The van der Waals surface area contributed by atoms with E-state index in [9.17, 15) is 9.59 Å². The molecule has 1 aromatic carbocycles. The molecule has 0 fully saturated rings. The average Bonchev–Trinajstić information content (AvgIpc) is 2.66. The van der Waals surface area contributed by atoms with Crippen LogP contribution in [0.3, 0.4) is 0 Å². The maximum absolute atomic E-state index is 11.8. The second kappa shape index (κ2) is 11.7. The van der Waals surface area contributed by atoms with Crippen molar-refractivity contribution in [3.8, 4) is 5.75 Å². The second-order valence-electron chi connectivity index (χ2n) is 7.04. The van der Waals surface area contributed by atoms with Gasteiger partial charge in [-0.15, -0.1) is 0 Å². The van der Waals surface area contributed by atoms with E-state index in [-0.39, 0.29) is 6.61 Å². The van der Waals surface area contributed by atoms with Crippen LogP contribution in [0, 0.1) is 0 Å². The first-order valence-corrected chi connectivity index (χ1v) is 11.1. The summed E-state index contributed by atoms with van der Waals surface area (Å²) in [5, 5.41) is 0. The van der Waals surface area contributed by atoms with Crippen molar-refractivity contribution >= 4 is 27.0 Å². The van der Waals surface area contributed by atoms with E-state index in [4.69, 9.17) is 27.5 Å². The van der Waals surface area contributed by atoms with Gasteiger partial charge in [0.2, 0.25) is 0 Å². The first-order valence-electron chi connectivity index (χ1n) is 9.14. The lowest BCUT2D eigenvalue weighted by Gasteiger charge is -2.23. The van der Waals surface area contributed by atoms with Crippen LogP contribution < -0.4 is 4.74 Å². The van der Waals surface area contributed by atoms with Gasteiger partial charge in [0.1, 0.15) is 11.4 Å². The molecule has 0 aliphatic heterocycles. The predicted molar refractivity (Wildman–Crippen MR) is 110 cm³/mol. The van der Waals surface area contributed by atoms with E-state index in [0.717, 1.165) is 5.56 Å². The van der Waals surface area contributed by atoms with Crippen molar-refractivity contribution in [1.29, 1.82) is 0 Å². The van der Waals surface area contributed by atoms with Crippen molar-refractivity contribution in [3.05, 3.63) is 35.9 Å². The summed E-state index contributed by atoms with van der Waals surface area (Å²) in [5.74, 6) is -0.111. The summed E-state index contributed by atoms with van der Waals surface area (Å²) >= 11 is 0. The van der Waals surface area contributed by atoms with Gasteiger partial charge in [-0.2, -0.15) is 0 Å². The Morgan fingerprint density at radius 2 is 1.59 bits per heavy atom. The van der Waals surface area contributed by atoms with E-state index in [1.54, 1.807) is 51.1 Å². The molecule has 0 spiro atoms. The second-order valence-corrected chi connectivity index (χ2v) is 10.1. The fourth-order valence-corrected chi connectivity index (χ4v) is 3.93. The molecule has 0 radical (unpaired) electrons. The Hall–Kier alpha value is -2.20. The number of ether oxygens (including phenoxy) is 3. The molecule has 0 aliphatic rings. The molecule has 0 amide bonds. The smallest absolute Gasteiger partial charge is 0.463 e. The summed E-state index contributed by atoms with van der Waals surface area (Å²) in [4.78, 5) is 23.4. The molecule has 29 heavy (non-hydrogen) atoms. The lowest BCUT2D eigenvalue weighted by Crippen LogP contribution is -2.42. The molecule has 0 saturated heterocycles. The van der Waals surface area contributed by atoms with E-state index >= 15 is 0 Å². The van der Waals surface area contributed by atoms with Gasteiger partial charge >= 0.3 is 20.9 Å².